The Morgan fingerprint density at radius 1 is 1.16 bits per heavy atom. The Kier molecular flexibility index (Phi) is 4.70. The van der Waals surface area contributed by atoms with Gasteiger partial charge in [-0.1, -0.05) is 38.1 Å². The molecule has 0 fully saturated rings. The molecule has 0 saturated heterocycles. The fraction of sp³-hybridized carbons (Fsp3) is 0.238. The highest BCUT2D eigenvalue weighted by Crippen LogP contribution is 2.37. The summed E-state index contributed by atoms with van der Waals surface area (Å²) < 4.78 is 11.0. The Labute approximate surface area is 147 Å². The summed E-state index contributed by atoms with van der Waals surface area (Å²) in [5, 5.41) is 0. The van der Waals surface area contributed by atoms with Crippen molar-refractivity contribution in [3.8, 4) is 11.5 Å². The van der Waals surface area contributed by atoms with Crippen molar-refractivity contribution in [2.24, 2.45) is 0 Å². The van der Waals surface area contributed by atoms with Crippen molar-refractivity contribution in [1.82, 2.24) is 0 Å². The highest BCUT2D eigenvalue weighted by Gasteiger charge is 2.30. The van der Waals surface area contributed by atoms with Crippen LogP contribution in [0.5, 0.6) is 11.5 Å². The number of fused-ring (bicyclic) bond motifs is 1. The van der Waals surface area contributed by atoms with E-state index in [0.29, 0.717) is 17.1 Å². The average Bonchev–Trinajstić information content (AvgIpc) is 2.91. The van der Waals surface area contributed by atoms with Crippen LogP contribution in [0, 0.1) is 6.92 Å². The van der Waals surface area contributed by atoms with Crippen LogP contribution in [0.2, 0.25) is 0 Å². The summed E-state index contributed by atoms with van der Waals surface area (Å²) in [6, 6.07) is 11.3. The predicted octanol–water partition coefficient (Wildman–Crippen LogP) is 4.49. The zero-order valence-corrected chi connectivity index (χ0v) is 14.6. The average molecular weight is 336 g/mol. The van der Waals surface area contributed by atoms with Gasteiger partial charge in [0.2, 0.25) is 5.78 Å². The SMILES string of the molecule is CCC(=O)Oc1cc(C)c2c(c1)O/C(=C\c1ccc(CC)cc1)C2=O. The molecule has 0 saturated carbocycles. The van der Waals surface area contributed by atoms with E-state index in [9.17, 15) is 9.59 Å². The molecule has 3 rings (SSSR count). The number of ketones is 1. The molecule has 2 aromatic carbocycles. The van der Waals surface area contributed by atoms with Crippen molar-refractivity contribution >= 4 is 17.8 Å². The summed E-state index contributed by atoms with van der Waals surface area (Å²) in [6.07, 6.45) is 2.99. The molecule has 0 atom stereocenters. The molecule has 0 bridgehead atoms. The van der Waals surface area contributed by atoms with Gasteiger partial charge in [-0.2, -0.15) is 0 Å². The van der Waals surface area contributed by atoms with Gasteiger partial charge in [0, 0.05) is 12.5 Å². The van der Waals surface area contributed by atoms with E-state index in [1.54, 1.807) is 25.1 Å². The largest absolute Gasteiger partial charge is 0.452 e. The number of carbonyl (C=O) groups is 2. The fourth-order valence-electron chi connectivity index (χ4n) is 2.74. The molecule has 0 spiro atoms. The lowest BCUT2D eigenvalue weighted by molar-refractivity contribution is -0.134. The predicted molar refractivity (Wildman–Crippen MR) is 95.9 cm³/mol. The highest BCUT2D eigenvalue weighted by atomic mass is 16.5. The Morgan fingerprint density at radius 2 is 1.88 bits per heavy atom. The Hall–Kier alpha value is -2.88. The minimum atomic E-state index is -0.324. The number of esters is 1. The van der Waals surface area contributed by atoms with Crippen LogP contribution in [0.1, 0.15) is 47.3 Å². The minimum absolute atomic E-state index is 0.152. The number of carbonyl (C=O) groups excluding carboxylic acids is 2. The van der Waals surface area contributed by atoms with Crippen LogP contribution in [-0.2, 0) is 11.2 Å². The first-order valence-electron chi connectivity index (χ1n) is 8.40. The van der Waals surface area contributed by atoms with E-state index >= 15 is 0 Å². The van der Waals surface area contributed by atoms with Crippen LogP contribution in [0.3, 0.4) is 0 Å². The molecule has 1 aliphatic rings. The van der Waals surface area contributed by atoms with Crippen molar-refractivity contribution in [3.05, 3.63) is 64.4 Å². The molecule has 0 aliphatic carbocycles. The highest BCUT2D eigenvalue weighted by molar-refractivity contribution is 6.15. The first-order chi connectivity index (χ1) is 12.0. The molecule has 128 valence electrons. The molecule has 2 aromatic rings. The van der Waals surface area contributed by atoms with E-state index in [2.05, 4.69) is 6.92 Å². The van der Waals surface area contributed by atoms with Gasteiger partial charge in [-0.15, -0.1) is 0 Å². The normalized spacial score (nSPS) is 14.4. The second-order valence-electron chi connectivity index (χ2n) is 5.98. The van der Waals surface area contributed by atoms with Crippen LogP contribution < -0.4 is 9.47 Å². The van der Waals surface area contributed by atoms with E-state index in [4.69, 9.17) is 9.47 Å². The molecular weight excluding hydrogens is 316 g/mol. The van der Waals surface area contributed by atoms with E-state index in [0.717, 1.165) is 17.5 Å². The summed E-state index contributed by atoms with van der Waals surface area (Å²) in [6.45, 7) is 5.63. The van der Waals surface area contributed by atoms with E-state index in [-0.39, 0.29) is 23.9 Å². The molecule has 0 N–H and O–H groups in total. The molecule has 0 aromatic heterocycles. The lowest BCUT2D eigenvalue weighted by Crippen LogP contribution is -2.06. The van der Waals surface area contributed by atoms with Gasteiger partial charge in [-0.05, 0) is 42.2 Å². The van der Waals surface area contributed by atoms with Gasteiger partial charge in [0.15, 0.2) is 5.76 Å². The molecule has 4 nitrogen and oxygen atoms in total. The third kappa shape index (κ3) is 3.48. The van der Waals surface area contributed by atoms with Crippen LogP contribution in [0.4, 0.5) is 0 Å². The molecule has 25 heavy (non-hydrogen) atoms. The second kappa shape index (κ2) is 6.93. The maximum absolute atomic E-state index is 12.6. The van der Waals surface area contributed by atoms with Crippen molar-refractivity contribution in [3.63, 3.8) is 0 Å². The summed E-state index contributed by atoms with van der Waals surface area (Å²) in [4.78, 5) is 24.1. The number of hydrogen-bond donors (Lipinski definition) is 0. The summed E-state index contributed by atoms with van der Waals surface area (Å²) in [5.41, 5.74) is 3.39. The topological polar surface area (TPSA) is 52.6 Å². The van der Waals surface area contributed by atoms with Gasteiger partial charge < -0.3 is 9.47 Å². The van der Waals surface area contributed by atoms with Crippen molar-refractivity contribution in [1.29, 1.82) is 0 Å². The third-order valence-corrected chi connectivity index (χ3v) is 4.15. The van der Waals surface area contributed by atoms with Crippen molar-refractivity contribution in [2.75, 3.05) is 0 Å². The zero-order valence-electron chi connectivity index (χ0n) is 14.6. The number of rotatable bonds is 4. The number of allylic oxidation sites excluding steroid dienone is 1. The van der Waals surface area contributed by atoms with Gasteiger partial charge in [-0.3, -0.25) is 9.59 Å². The van der Waals surface area contributed by atoms with Crippen LogP contribution in [0.15, 0.2) is 42.2 Å². The Morgan fingerprint density at radius 3 is 2.52 bits per heavy atom. The van der Waals surface area contributed by atoms with Gasteiger partial charge in [-0.25, -0.2) is 0 Å². The molecule has 0 unspecified atom stereocenters. The standard InChI is InChI=1S/C21H20O4/c1-4-14-6-8-15(9-7-14)11-18-21(23)20-13(3)10-16(12-17(20)25-18)24-19(22)5-2/h6-12H,4-5H2,1-3H3/b18-11-. The van der Waals surface area contributed by atoms with E-state index in [1.165, 1.54) is 5.56 Å². The van der Waals surface area contributed by atoms with E-state index < -0.39 is 0 Å². The number of ether oxygens (including phenoxy) is 2. The zero-order chi connectivity index (χ0) is 18.0. The smallest absolute Gasteiger partial charge is 0.310 e. The molecule has 1 heterocycles. The van der Waals surface area contributed by atoms with Crippen molar-refractivity contribution < 1.29 is 19.1 Å². The second-order valence-corrected chi connectivity index (χ2v) is 5.98. The fourth-order valence-corrected chi connectivity index (χ4v) is 2.74. The van der Waals surface area contributed by atoms with Crippen LogP contribution in [0.25, 0.3) is 6.08 Å². The molecule has 4 heteroatoms. The van der Waals surface area contributed by atoms with Crippen LogP contribution in [-0.4, -0.2) is 11.8 Å². The third-order valence-electron chi connectivity index (χ3n) is 4.15. The number of hydrogen-bond acceptors (Lipinski definition) is 4. The Bertz CT molecular complexity index is 860. The van der Waals surface area contributed by atoms with Gasteiger partial charge in [0.25, 0.3) is 0 Å². The van der Waals surface area contributed by atoms with Gasteiger partial charge >= 0.3 is 5.97 Å². The molecule has 0 amide bonds. The number of Topliss-reactive ketones (excluding diaryl/α,β-unsaturated/α-hetero) is 1. The van der Waals surface area contributed by atoms with E-state index in [1.807, 2.05) is 31.2 Å². The quantitative estimate of drug-likeness (QED) is 0.469. The molecule has 0 radical (unpaired) electrons. The molecular formula is C21H20O4. The summed E-state index contributed by atoms with van der Waals surface area (Å²) in [5.74, 6) is 0.627. The number of benzene rings is 2. The maximum atomic E-state index is 12.6. The lowest BCUT2D eigenvalue weighted by atomic mass is 10.0. The van der Waals surface area contributed by atoms with Crippen LogP contribution >= 0.6 is 0 Å². The summed E-state index contributed by atoms with van der Waals surface area (Å²) in [7, 11) is 0. The maximum Gasteiger partial charge on any atom is 0.310 e. The van der Waals surface area contributed by atoms with Crippen molar-refractivity contribution in [2.45, 2.75) is 33.6 Å². The lowest BCUT2D eigenvalue weighted by Gasteiger charge is -2.06. The monoisotopic (exact) mass is 336 g/mol. The first kappa shape index (κ1) is 17.0. The molecule has 1 aliphatic heterocycles. The summed E-state index contributed by atoms with van der Waals surface area (Å²) >= 11 is 0. The number of aryl methyl sites for hydroxylation is 2. The Balaban J connectivity index is 1.90. The van der Waals surface area contributed by atoms with Gasteiger partial charge in [0.05, 0.1) is 5.56 Å². The van der Waals surface area contributed by atoms with Gasteiger partial charge in [0.1, 0.15) is 11.5 Å². The minimum Gasteiger partial charge on any atom is -0.452 e. The first-order valence-corrected chi connectivity index (χ1v) is 8.40.